The molecule has 0 fully saturated rings. The van der Waals surface area contributed by atoms with Crippen LogP contribution < -0.4 is 5.19 Å². The van der Waals surface area contributed by atoms with Crippen LogP contribution in [0.2, 0.25) is 19.6 Å². The van der Waals surface area contributed by atoms with E-state index in [1.54, 1.807) is 0 Å². The molecular weight excluding hydrogens is 817 g/mol. The molecule has 0 aliphatic carbocycles. The van der Waals surface area contributed by atoms with E-state index in [1.165, 1.54) is 33.0 Å². The van der Waals surface area contributed by atoms with Crippen molar-refractivity contribution in [2.45, 2.75) is 39.9 Å². The summed E-state index contributed by atoms with van der Waals surface area (Å²) in [5.41, 5.74) is 13.3. The monoisotopic (exact) mass is 857 g/mol. The van der Waals surface area contributed by atoms with Crippen molar-refractivity contribution in [3.05, 3.63) is 174 Å². The molecule has 0 unspecified atom stereocenters. The van der Waals surface area contributed by atoms with E-state index in [9.17, 15) is 0 Å². The molecule has 5 heteroatoms. The molecule has 8 aromatic rings. The second kappa shape index (κ2) is 15.5. The van der Waals surface area contributed by atoms with Gasteiger partial charge in [0.25, 0.3) is 0 Å². The van der Waals surface area contributed by atoms with Gasteiger partial charge in [0.15, 0.2) is 0 Å². The molecule has 0 bridgehead atoms. The van der Waals surface area contributed by atoms with Crippen molar-refractivity contribution in [2.24, 2.45) is 0 Å². The third-order valence-electron chi connectivity index (χ3n) is 9.06. The van der Waals surface area contributed by atoms with Gasteiger partial charge in [-0.25, -0.2) is 0 Å². The summed E-state index contributed by atoms with van der Waals surface area (Å²) < 4.78 is 5.89. The van der Waals surface area contributed by atoms with Gasteiger partial charge in [0.2, 0.25) is 0 Å². The van der Waals surface area contributed by atoms with Crippen LogP contribution in [0.3, 0.4) is 0 Å². The van der Waals surface area contributed by atoms with Gasteiger partial charge in [0.1, 0.15) is 5.58 Å². The average molecular weight is 857 g/mol. The summed E-state index contributed by atoms with van der Waals surface area (Å²) in [6.07, 6.45) is 5.01. The van der Waals surface area contributed by atoms with Crippen molar-refractivity contribution < 1.29 is 24.5 Å². The Labute approximate surface area is 315 Å². The van der Waals surface area contributed by atoms with E-state index in [0.717, 1.165) is 56.4 Å². The molecule has 1 radical (unpaired) electrons. The van der Waals surface area contributed by atoms with E-state index >= 15 is 0 Å². The van der Waals surface area contributed by atoms with Gasteiger partial charge in [0.05, 0.1) is 13.7 Å². The predicted octanol–water partition coefficient (Wildman–Crippen LogP) is 11.4. The Balaban J connectivity index is 0.000000173. The van der Waals surface area contributed by atoms with Gasteiger partial charge in [-0.1, -0.05) is 129 Å². The number of hydrogen-bond acceptors (Lipinski definition) is 3. The number of aryl methyl sites for hydroxylation is 2. The molecule has 8 rings (SSSR count). The minimum atomic E-state index is -1.44. The number of aromatic nitrogens is 2. The van der Waals surface area contributed by atoms with Crippen molar-refractivity contribution in [2.75, 3.05) is 0 Å². The first-order valence-corrected chi connectivity index (χ1v) is 20.6. The van der Waals surface area contributed by atoms with Crippen LogP contribution in [0.25, 0.3) is 55.6 Å². The predicted molar refractivity (Wildman–Crippen MR) is 211 cm³/mol. The van der Waals surface area contributed by atoms with Crippen LogP contribution in [-0.2, 0) is 26.5 Å². The minimum absolute atomic E-state index is 0. The third-order valence-corrected chi connectivity index (χ3v) is 11.1. The summed E-state index contributed by atoms with van der Waals surface area (Å²) in [7, 11) is -1.44. The van der Waals surface area contributed by atoms with Gasteiger partial charge in [0, 0.05) is 43.4 Å². The first-order chi connectivity index (χ1) is 24.2. The maximum Gasteiger partial charge on any atom is 0.120 e. The molecule has 0 aliphatic rings. The summed E-state index contributed by atoms with van der Waals surface area (Å²) in [5, 5.41) is 3.67. The third kappa shape index (κ3) is 8.18. The maximum absolute atomic E-state index is 5.89. The molecule has 0 N–H and O–H groups in total. The normalized spacial score (nSPS) is 11.2. The number of nitrogens with zero attached hydrogens (tertiary/aromatic N) is 2. The Bertz CT molecular complexity index is 2400. The molecule has 3 aromatic heterocycles. The second-order valence-electron chi connectivity index (χ2n) is 13.9. The van der Waals surface area contributed by atoms with E-state index < -0.39 is 8.07 Å². The minimum Gasteiger partial charge on any atom is -0.500 e. The average Bonchev–Trinajstić information content (AvgIpc) is 3.51. The zero-order valence-corrected chi connectivity index (χ0v) is 33.0. The van der Waals surface area contributed by atoms with Gasteiger partial charge in [-0.2, -0.15) is 0 Å². The van der Waals surface area contributed by atoms with Crippen molar-refractivity contribution in [1.82, 2.24) is 9.97 Å². The van der Waals surface area contributed by atoms with Crippen LogP contribution in [0.1, 0.15) is 22.3 Å². The summed E-state index contributed by atoms with van der Waals surface area (Å²) >= 11 is 0. The molecule has 255 valence electrons. The topological polar surface area (TPSA) is 38.9 Å². The second-order valence-corrected chi connectivity index (χ2v) is 18.9. The number of rotatable bonds is 6. The summed E-state index contributed by atoms with van der Waals surface area (Å²) in [4.78, 5) is 9.45. The number of furan rings is 1. The molecule has 3 nitrogen and oxygen atoms in total. The van der Waals surface area contributed by atoms with Crippen molar-refractivity contribution >= 4 is 35.2 Å². The number of pyridine rings is 2. The summed E-state index contributed by atoms with van der Waals surface area (Å²) in [6.45, 7) is 11.4. The Morgan fingerprint density at radius 2 is 1.29 bits per heavy atom. The molecule has 3 heterocycles. The number of benzene rings is 5. The molecule has 51 heavy (non-hydrogen) atoms. The first kappa shape index (κ1) is 35.9. The first-order valence-electron chi connectivity index (χ1n) is 17.1. The Hall–Kier alpha value is -4.93. The van der Waals surface area contributed by atoms with E-state index in [1.807, 2.05) is 42.6 Å². The van der Waals surface area contributed by atoms with Crippen LogP contribution in [0.15, 0.2) is 144 Å². The van der Waals surface area contributed by atoms with Crippen molar-refractivity contribution in [3.63, 3.8) is 0 Å². The van der Waals surface area contributed by atoms with Gasteiger partial charge in [-0.15, -0.1) is 59.2 Å². The molecule has 0 saturated carbocycles. The van der Waals surface area contributed by atoms with Crippen molar-refractivity contribution in [1.29, 1.82) is 0 Å². The van der Waals surface area contributed by atoms with E-state index in [4.69, 9.17) is 14.4 Å². The number of para-hydroxylation sites is 1. The van der Waals surface area contributed by atoms with E-state index in [2.05, 4.69) is 143 Å². The fourth-order valence-electron chi connectivity index (χ4n) is 6.38. The molecule has 0 saturated heterocycles. The van der Waals surface area contributed by atoms with Crippen LogP contribution in [-0.4, -0.2) is 18.0 Å². The molecule has 0 atom stereocenters. The largest absolute Gasteiger partial charge is 0.500 e. The Kier molecular flexibility index (Phi) is 10.9. The van der Waals surface area contributed by atoms with Crippen molar-refractivity contribution in [3.8, 4) is 33.6 Å². The molecule has 0 spiro atoms. The van der Waals surface area contributed by atoms with Gasteiger partial charge >= 0.3 is 0 Å². The van der Waals surface area contributed by atoms with Crippen LogP contribution >= 0.6 is 0 Å². The maximum atomic E-state index is 5.89. The standard InChI is InChI=1S/C24H16NO.C22H24NSi.Ir/c1-16-13-22(25-15-21(16)17-7-3-2-4-8-17)18-11-12-24-20(14-18)19-9-5-6-10-23(19)26-24;1-17-10-12-19(13-11-17)21-15-20(14-18-8-6-5-7-9-18)22(16-23-21)24(2,3)4;/h2-10,12-15H,1H3;5-12,15-16H,14H2,1-4H3;/q2*-1;. The van der Waals surface area contributed by atoms with Crippen LogP contribution in [0, 0.1) is 26.0 Å². The molecule has 0 amide bonds. The molecule has 5 aromatic carbocycles. The SMILES string of the molecule is Cc1c[c-]c(-c2cc(Cc3ccccc3)c([Si](C)(C)C)cn2)cc1.Cc1cc(-c2[c-]cc3oc4ccccc4c3c2)ncc1-c1ccccc1.[Ir]. The fraction of sp³-hybridized carbons (Fsp3) is 0.130. The zero-order chi connectivity index (χ0) is 34.7. The Morgan fingerprint density at radius 1 is 0.627 bits per heavy atom. The van der Waals surface area contributed by atoms with E-state index in [-0.39, 0.29) is 20.1 Å². The molecule has 0 aliphatic heterocycles. The van der Waals surface area contributed by atoms with E-state index in [0.29, 0.717) is 0 Å². The quantitative estimate of drug-likeness (QED) is 0.124. The van der Waals surface area contributed by atoms with Gasteiger partial charge in [-0.3, -0.25) is 0 Å². The Morgan fingerprint density at radius 3 is 2.00 bits per heavy atom. The summed E-state index contributed by atoms with van der Waals surface area (Å²) in [5.74, 6) is 0. The fourth-order valence-corrected chi connectivity index (χ4v) is 7.96. The summed E-state index contributed by atoms with van der Waals surface area (Å²) in [6, 6.07) is 50.5. The van der Waals surface area contributed by atoms with Crippen LogP contribution in [0.4, 0.5) is 0 Å². The zero-order valence-electron chi connectivity index (χ0n) is 29.6. The molecular formula is C46H40IrN2OSi-2. The number of hydrogen-bond donors (Lipinski definition) is 0. The number of fused-ring (bicyclic) bond motifs is 3. The smallest absolute Gasteiger partial charge is 0.120 e. The van der Waals surface area contributed by atoms with Gasteiger partial charge < -0.3 is 14.4 Å². The van der Waals surface area contributed by atoms with Gasteiger partial charge in [-0.05, 0) is 52.7 Å². The van der Waals surface area contributed by atoms with Crippen LogP contribution in [0.5, 0.6) is 0 Å².